The highest BCUT2D eigenvalue weighted by atomic mass is 16.5. The minimum atomic E-state index is -0.448. The van der Waals surface area contributed by atoms with Crippen LogP contribution in [0.3, 0.4) is 0 Å². The summed E-state index contributed by atoms with van der Waals surface area (Å²) in [6, 6.07) is 13.4. The Bertz CT molecular complexity index is 902. The molecular weight excluding hydrogens is 396 g/mol. The molecule has 0 saturated carbocycles. The lowest BCUT2D eigenvalue weighted by Gasteiger charge is -2.07. The van der Waals surface area contributed by atoms with Crippen molar-refractivity contribution in [3.05, 3.63) is 60.2 Å². The van der Waals surface area contributed by atoms with Crippen LogP contribution in [0.15, 0.2) is 54.6 Å². The molecule has 0 bridgehead atoms. The van der Waals surface area contributed by atoms with Crippen LogP contribution >= 0.6 is 0 Å². The Morgan fingerprint density at radius 1 is 0.774 bits per heavy atom. The van der Waals surface area contributed by atoms with Gasteiger partial charge in [-0.15, -0.1) is 0 Å². The fourth-order valence-corrected chi connectivity index (χ4v) is 2.88. The Balaban J connectivity index is 1.48. The standard InChI is InChI=1S/C25H30O6/c1-19(2)24(27)30-17-9-12-23(26)29-15-7-3-4-8-16-31-25(28)22-14-13-20-10-5-6-11-21(20)18-22/h5-6,10-11,13-14,18H,1,3-4,7-9,12,15-17H2,2H3. The maximum absolute atomic E-state index is 12.2. The number of benzene rings is 2. The smallest absolute Gasteiger partial charge is 0.338 e. The van der Waals surface area contributed by atoms with E-state index in [4.69, 9.17) is 14.2 Å². The predicted octanol–water partition coefficient (Wildman–Crippen LogP) is 5.00. The number of rotatable bonds is 13. The number of fused-ring (bicyclic) bond motifs is 1. The molecule has 0 radical (unpaired) electrons. The molecule has 2 rings (SSSR count). The Hall–Kier alpha value is -3.15. The molecule has 0 unspecified atom stereocenters. The van der Waals surface area contributed by atoms with Gasteiger partial charge < -0.3 is 14.2 Å². The zero-order valence-corrected chi connectivity index (χ0v) is 18.1. The van der Waals surface area contributed by atoms with E-state index in [9.17, 15) is 14.4 Å². The lowest BCUT2D eigenvalue weighted by Crippen LogP contribution is -2.10. The first-order valence-electron chi connectivity index (χ1n) is 10.6. The second-order valence-corrected chi connectivity index (χ2v) is 7.35. The van der Waals surface area contributed by atoms with Crippen LogP contribution in [0.4, 0.5) is 0 Å². The van der Waals surface area contributed by atoms with Crippen LogP contribution in [0.5, 0.6) is 0 Å². The summed E-state index contributed by atoms with van der Waals surface area (Å²) in [5.74, 6) is -1.05. The molecule has 2 aromatic rings. The van der Waals surface area contributed by atoms with E-state index < -0.39 is 5.97 Å². The van der Waals surface area contributed by atoms with Crippen molar-refractivity contribution in [1.29, 1.82) is 0 Å². The third-order valence-corrected chi connectivity index (χ3v) is 4.63. The van der Waals surface area contributed by atoms with Gasteiger partial charge in [0.15, 0.2) is 0 Å². The van der Waals surface area contributed by atoms with E-state index in [1.165, 1.54) is 0 Å². The second-order valence-electron chi connectivity index (χ2n) is 7.35. The number of hydrogen-bond donors (Lipinski definition) is 0. The highest BCUT2D eigenvalue weighted by Gasteiger charge is 2.08. The lowest BCUT2D eigenvalue weighted by atomic mass is 10.1. The lowest BCUT2D eigenvalue weighted by molar-refractivity contribution is -0.146. The SMILES string of the molecule is C=C(C)C(=O)OCCCC(=O)OCCCCCCOC(=O)c1ccc2ccccc2c1. The highest BCUT2D eigenvalue weighted by molar-refractivity contribution is 5.95. The summed E-state index contributed by atoms with van der Waals surface area (Å²) in [5, 5.41) is 2.10. The number of carbonyl (C=O) groups excluding carboxylic acids is 3. The Morgan fingerprint density at radius 3 is 2.13 bits per heavy atom. The number of esters is 3. The van der Waals surface area contributed by atoms with Gasteiger partial charge in [-0.2, -0.15) is 0 Å². The molecule has 0 saturated heterocycles. The molecule has 0 atom stereocenters. The summed E-state index contributed by atoms with van der Waals surface area (Å²) < 4.78 is 15.4. The Kier molecular flexibility index (Phi) is 10.3. The third-order valence-electron chi connectivity index (χ3n) is 4.63. The maximum Gasteiger partial charge on any atom is 0.338 e. The Morgan fingerprint density at radius 2 is 1.42 bits per heavy atom. The van der Waals surface area contributed by atoms with Crippen molar-refractivity contribution < 1.29 is 28.6 Å². The molecule has 0 spiro atoms. The van der Waals surface area contributed by atoms with Crippen molar-refractivity contribution in [3.8, 4) is 0 Å². The minimum Gasteiger partial charge on any atom is -0.466 e. The van der Waals surface area contributed by atoms with Gasteiger partial charge >= 0.3 is 17.9 Å². The normalized spacial score (nSPS) is 10.5. The highest BCUT2D eigenvalue weighted by Crippen LogP contribution is 2.16. The first kappa shape index (κ1) is 24.1. The molecule has 166 valence electrons. The van der Waals surface area contributed by atoms with Gasteiger partial charge in [0.2, 0.25) is 0 Å². The molecule has 6 heteroatoms. The predicted molar refractivity (Wildman–Crippen MR) is 119 cm³/mol. The van der Waals surface area contributed by atoms with E-state index in [1.54, 1.807) is 13.0 Å². The summed E-state index contributed by atoms with van der Waals surface area (Å²) in [6.45, 7) is 5.97. The van der Waals surface area contributed by atoms with Gasteiger partial charge in [-0.1, -0.05) is 36.9 Å². The summed E-state index contributed by atoms with van der Waals surface area (Å²) in [6.07, 6.45) is 3.95. The van der Waals surface area contributed by atoms with Crippen LogP contribution < -0.4 is 0 Å². The molecule has 2 aromatic carbocycles. The van der Waals surface area contributed by atoms with E-state index in [1.807, 2.05) is 36.4 Å². The topological polar surface area (TPSA) is 78.9 Å². The summed E-state index contributed by atoms with van der Waals surface area (Å²) in [7, 11) is 0. The first-order valence-corrected chi connectivity index (χ1v) is 10.6. The average Bonchev–Trinajstić information content (AvgIpc) is 2.77. The molecule has 0 fully saturated rings. The molecular formula is C25H30O6. The van der Waals surface area contributed by atoms with Gasteiger partial charge in [0, 0.05) is 12.0 Å². The van der Waals surface area contributed by atoms with Gasteiger partial charge in [0.05, 0.1) is 25.4 Å². The number of hydrogen-bond acceptors (Lipinski definition) is 6. The zero-order chi connectivity index (χ0) is 22.5. The van der Waals surface area contributed by atoms with Crippen LogP contribution in [0, 0.1) is 0 Å². The second kappa shape index (κ2) is 13.2. The number of ether oxygens (including phenoxy) is 3. The van der Waals surface area contributed by atoms with Crippen LogP contribution in [-0.2, 0) is 23.8 Å². The van der Waals surface area contributed by atoms with E-state index in [0.29, 0.717) is 30.8 Å². The fourth-order valence-electron chi connectivity index (χ4n) is 2.88. The molecule has 31 heavy (non-hydrogen) atoms. The average molecular weight is 427 g/mol. The van der Waals surface area contributed by atoms with Gasteiger partial charge in [0.25, 0.3) is 0 Å². The van der Waals surface area contributed by atoms with Gasteiger partial charge in [0.1, 0.15) is 0 Å². The van der Waals surface area contributed by atoms with E-state index in [-0.39, 0.29) is 25.0 Å². The monoisotopic (exact) mass is 426 g/mol. The summed E-state index contributed by atoms with van der Waals surface area (Å²) >= 11 is 0. The Labute approximate surface area is 183 Å². The molecule has 0 N–H and O–H groups in total. The van der Waals surface area contributed by atoms with Crippen LogP contribution in [0.2, 0.25) is 0 Å². The van der Waals surface area contributed by atoms with E-state index >= 15 is 0 Å². The van der Waals surface area contributed by atoms with Crippen LogP contribution in [0.1, 0.15) is 55.8 Å². The third kappa shape index (κ3) is 9.03. The van der Waals surface area contributed by atoms with Gasteiger partial charge in [-0.3, -0.25) is 4.79 Å². The molecule has 0 aliphatic rings. The van der Waals surface area contributed by atoms with Crippen molar-refractivity contribution in [2.75, 3.05) is 19.8 Å². The minimum absolute atomic E-state index is 0.179. The van der Waals surface area contributed by atoms with Crippen molar-refractivity contribution in [1.82, 2.24) is 0 Å². The van der Waals surface area contributed by atoms with Crippen molar-refractivity contribution >= 4 is 28.7 Å². The van der Waals surface area contributed by atoms with Gasteiger partial charge in [-0.05, 0) is 61.9 Å². The molecule has 6 nitrogen and oxygen atoms in total. The van der Waals surface area contributed by atoms with Crippen molar-refractivity contribution in [2.24, 2.45) is 0 Å². The summed E-state index contributed by atoms with van der Waals surface area (Å²) in [5.41, 5.74) is 0.894. The molecule has 0 aliphatic heterocycles. The molecule has 0 amide bonds. The zero-order valence-electron chi connectivity index (χ0n) is 18.1. The van der Waals surface area contributed by atoms with Crippen molar-refractivity contribution in [3.63, 3.8) is 0 Å². The molecule has 0 aliphatic carbocycles. The van der Waals surface area contributed by atoms with Crippen LogP contribution in [0.25, 0.3) is 10.8 Å². The largest absolute Gasteiger partial charge is 0.466 e. The van der Waals surface area contributed by atoms with E-state index in [0.717, 1.165) is 36.5 Å². The summed E-state index contributed by atoms with van der Waals surface area (Å²) in [4.78, 5) is 35.0. The number of unbranched alkanes of at least 4 members (excludes halogenated alkanes) is 3. The van der Waals surface area contributed by atoms with E-state index in [2.05, 4.69) is 6.58 Å². The maximum atomic E-state index is 12.2. The fraction of sp³-hybridized carbons (Fsp3) is 0.400. The van der Waals surface area contributed by atoms with Crippen LogP contribution in [-0.4, -0.2) is 37.7 Å². The molecule has 0 heterocycles. The molecule has 0 aromatic heterocycles. The number of carbonyl (C=O) groups is 3. The first-order chi connectivity index (χ1) is 15.0. The quantitative estimate of drug-likeness (QED) is 0.194. The van der Waals surface area contributed by atoms with Crippen molar-refractivity contribution in [2.45, 2.75) is 45.4 Å². The van der Waals surface area contributed by atoms with Gasteiger partial charge in [-0.25, -0.2) is 9.59 Å².